The van der Waals surface area contributed by atoms with Crippen LogP contribution in [0.3, 0.4) is 0 Å². The number of amides is 1. The number of aromatic amines is 1. The van der Waals surface area contributed by atoms with Gasteiger partial charge in [-0.25, -0.2) is 4.98 Å². The van der Waals surface area contributed by atoms with E-state index in [0.29, 0.717) is 24.5 Å². The molecule has 0 spiro atoms. The van der Waals surface area contributed by atoms with E-state index < -0.39 is 0 Å². The number of pyridine rings is 1. The van der Waals surface area contributed by atoms with Crippen molar-refractivity contribution in [1.29, 1.82) is 0 Å². The zero-order valence-corrected chi connectivity index (χ0v) is 17.1. The molecule has 3 aromatic rings. The number of hydrogen-bond acceptors (Lipinski definition) is 6. The van der Waals surface area contributed by atoms with Gasteiger partial charge in [0.1, 0.15) is 11.6 Å². The molecule has 2 N–H and O–H groups in total. The van der Waals surface area contributed by atoms with E-state index in [1.165, 1.54) is 0 Å². The SMILES string of the molecule is CCC[C@H](C(C)=O)[C@H](Cc1ccc(-c2cnc3c(c2)CC(=O)N3)cc1)c1nn[nH]n1. The lowest BCUT2D eigenvalue weighted by Gasteiger charge is -2.22. The fourth-order valence-electron chi connectivity index (χ4n) is 4.09. The Hall–Kier alpha value is -3.42. The molecule has 0 saturated carbocycles. The smallest absolute Gasteiger partial charge is 0.230 e. The highest BCUT2D eigenvalue weighted by atomic mass is 16.2. The summed E-state index contributed by atoms with van der Waals surface area (Å²) in [6.45, 7) is 3.71. The van der Waals surface area contributed by atoms with Gasteiger partial charge in [-0.05, 0) is 37.0 Å². The number of Topliss-reactive ketones (excluding diaryl/α,β-unsaturated/α-hetero) is 1. The monoisotopic (exact) mass is 404 g/mol. The van der Waals surface area contributed by atoms with E-state index in [-0.39, 0.29) is 23.5 Å². The summed E-state index contributed by atoms with van der Waals surface area (Å²) in [5, 5.41) is 17.3. The molecule has 8 heteroatoms. The maximum atomic E-state index is 12.3. The number of nitrogens with one attached hydrogen (secondary N) is 2. The maximum absolute atomic E-state index is 12.3. The van der Waals surface area contributed by atoms with Gasteiger partial charge in [-0.1, -0.05) is 42.8 Å². The highest BCUT2D eigenvalue weighted by Crippen LogP contribution is 2.32. The minimum Gasteiger partial charge on any atom is -0.310 e. The second-order valence-corrected chi connectivity index (χ2v) is 7.74. The lowest BCUT2D eigenvalue weighted by molar-refractivity contribution is -0.121. The molecular formula is C22H24N6O2. The number of carbonyl (C=O) groups excluding carboxylic acids is 2. The van der Waals surface area contributed by atoms with Crippen LogP contribution in [0.1, 0.15) is 49.6 Å². The standard InChI is InChI=1S/C22H24N6O2/c1-3-4-18(13(2)29)19(22-25-27-28-26-22)9-14-5-7-15(8-6-14)17-10-16-11-20(30)24-21(16)23-12-17/h5-8,10,12,18-19H,3-4,9,11H2,1-2H3,(H,23,24,30)(H,25,26,27,28)/t18-,19+/m1/s1. The van der Waals surface area contributed by atoms with E-state index in [2.05, 4.69) is 50.0 Å². The zero-order valence-electron chi connectivity index (χ0n) is 17.1. The molecule has 1 amide bonds. The third-order valence-electron chi connectivity index (χ3n) is 5.62. The van der Waals surface area contributed by atoms with Crippen molar-refractivity contribution in [3.63, 3.8) is 0 Å². The molecule has 0 aliphatic carbocycles. The van der Waals surface area contributed by atoms with Crippen molar-refractivity contribution < 1.29 is 9.59 Å². The molecule has 1 aliphatic rings. The number of hydrogen-bond donors (Lipinski definition) is 2. The van der Waals surface area contributed by atoms with Crippen LogP contribution in [0.4, 0.5) is 5.82 Å². The number of anilines is 1. The first-order valence-electron chi connectivity index (χ1n) is 10.2. The Bertz CT molecular complexity index is 1050. The predicted octanol–water partition coefficient (Wildman–Crippen LogP) is 3.09. The van der Waals surface area contributed by atoms with Gasteiger partial charge in [0.2, 0.25) is 5.91 Å². The first kappa shape index (κ1) is 19.9. The average molecular weight is 404 g/mol. The Balaban J connectivity index is 1.56. The van der Waals surface area contributed by atoms with Gasteiger partial charge < -0.3 is 5.32 Å². The number of benzene rings is 1. The number of aromatic nitrogens is 5. The molecule has 4 rings (SSSR count). The van der Waals surface area contributed by atoms with Crippen LogP contribution < -0.4 is 5.32 Å². The first-order chi connectivity index (χ1) is 14.5. The Morgan fingerprint density at radius 1 is 1.20 bits per heavy atom. The number of H-pyrrole nitrogens is 1. The van der Waals surface area contributed by atoms with Crippen molar-refractivity contribution in [2.75, 3.05) is 5.32 Å². The van der Waals surface area contributed by atoms with Crippen molar-refractivity contribution in [3.8, 4) is 11.1 Å². The summed E-state index contributed by atoms with van der Waals surface area (Å²) in [4.78, 5) is 28.2. The second kappa shape index (κ2) is 8.52. The summed E-state index contributed by atoms with van der Waals surface area (Å²) in [7, 11) is 0. The first-order valence-corrected chi connectivity index (χ1v) is 10.2. The average Bonchev–Trinajstić information content (AvgIpc) is 3.39. The molecule has 0 bridgehead atoms. The van der Waals surface area contributed by atoms with E-state index in [4.69, 9.17) is 0 Å². The highest BCUT2D eigenvalue weighted by Gasteiger charge is 2.30. The minimum atomic E-state index is -0.141. The van der Waals surface area contributed by atoms with Gasteiger partial charge in [0.25, 0.3) is 0 Å². The zero-order chi connectivity index (χ0) is 21.1. The van der Waals surface area contributed by atoms with Crippen molar-refractivity contribution in [2.45, 2.75) is 45.4 Å². The molecular weight excluding hydrogens is 380 g/mol. The van der Waals surface area contributed by atoms with Gasteiger partial charge in [-0.15, -0.1) is 10.2 Å². The minimum absolute atomic E-state index is 0.0235. The number of tetrazole rings is 1. The molecule has 2 aromatic heterocycles. The topological polar surface area (TPSA) is 114 Å². The number of carbonyl (C=O) groups is 2. The number of rotatable bonds is 8. The van der Waals surface area contributed by atoms with Gasteiger partial charge >= 0.3 is 0 Å². The maximum Gasteiger partial charge on any atom is 0.230 e. The summed E-state index contributed by atoms with van der Waals surface area (Å²) in [6, 6.07) is 10.2. The van der Waals surface area contributed by atoms with Crippen LogP contribution in [-0.4, -0.2) is 37.3 Å². The summed E-state index contributed by atoms with van der Waals surface area (Å²) < 4.78 is 0. The van der Waals surface area contributed by atoms with Crippen molar-refractivity contribution >= 4 is 17.5 Å². The molecule has 3 heterocycles. The van der Waals surface area contributed by atoms with E-state index in [1.807, 2.05) is 18.2 Å². The Morgan fingerprint density at radius 3 is 2.67 bits per heavy atom. The van der Waals surface area contributed by atoms with Crippen molar-refractivity contribution in [1.82, 2.24) is 25.6 Å². The van der Waals surface area contributed by atoms with Gasteiger partial charge in [-0.3, -0.25) is 9.59 Å². The lowest BCUT2D eigenvalue weighted by Crippen LogP contribution is -2.23. The van der Waals surface area contributed by atoms with E-state index in [0.717, 1.165) is 35.1 Å². The third-order valence-corrected chi connectivity index (χ3v) is 5.62. The fraction of sp³-hybridized carbons (Fsp3) is 0.364. The van der Waals surface area contributed by atoms with Gasteiger partial charge in [0, 0.05) is 29.2 Å². The second-order valence-electron chi connectivity index (χ2n) is 7.74. The molecule has 0 saturated heterocycles. The van der Waals surface area contributed by atoms with E-state index >= 15 is 0 Å². The van der Waals surface area contributed by atoms with Crippen LogP contribution in [0.25, 0.3) is 11.1 Å². The Kier molecular flexibility index (Phi) is 5.65. The quantitative estimate of drug-likeness (QED) is 0.596. The largest absolute Gasteiger partial charge is 0.310 e. The van der Waals surface area contributed by atoms with Gasteiger partial charge in [0.15, 0.2) is 5.82 Å². The fourth-order valence-corrected chi connectivity index (χ4v) is 4.09. The summed E-state index contributed by atoms with van der Waals surface area (Å²) >= 11 is 0. The van der Waals surface area contributed by atoms with Crippen LogP contribution in [0, 0.1) is 5.92 Å². The molecule has 30 heavy (non-hydrogen) atoms. The lowest BCUT2D eigenvalue weighted by atomic mass is 9.81. The van der Waals surface area contributed by atoms with Crippen molar-refractivity contribution in [3.05, 3.63) is 53.5 Å². The van der Waals surface area contributed by atoms with Gasteiger partial charge in [-0.2, -0.15) is 5.21 Å². The van der Waals surface area contributed by atoms with Crippen LogP contribution >= 0.6 is 0 Å². The predicted molar refractivity (Wildman–Crippen MR) is 112 cm³/mol. The van der Waals surface area contributed by atoms with Crippen molar-refractivity contribution in [2.24, 2.45) is 5.92 Å². The van der Waals surface area contributed by atoms with E-state index in [1.54, 1.807) is 13.1 Å². The normalized spacial score (nSPS) is 14.8. The molecule has 0 fully saturated rings. The van der Waals surface area contributed by atoms with Crippen LogP contribution in [0.2, 0.25) is 0 Å². The van der Waals surface area contributed by atoms with Gasteiger partial charge in [0.05, 0.1) is 6.42 Å². The Labute approximate surface area is 174 Å². The molecule has 2 atom stereocenters. The highest BCUT2D eigenvalue weighted by molar-refractivity contribution is 5.98. The van der Waals surface area contributed by atoms with Crippen LogP contribution in [0.5, 0.6) is 0 Å². The number of fused-ring (bicyclic) bond motifs is 1. The summed E-state index contributed by atoms with van der Waals surface area (Å²) in [5.41, 5.74) is 4.02. The molecule has 0 unspecified atom stereocenters. The van der Waals surface area contributed by atoms with Crippen LogP contribution in [-0.2, 0) is 22.4 Å². The molecule has 1 aromatic carbocycles. The number of nitrogens with zero attached hydrogens (tertiary/aromatic N) is 4. The number of ketones is 1. The summed E-state index contributed by atoms with van der Waals surface area (Å²) in [5.74, 6) is 1.09. The molecule has 8 nitrogen and oxygen atoms in total. The Morgan fingerprint density at radius 2 is 2.00 bits per heavy atom. The molecule has 1 aliphatic heterocycles. The third kappa shape index (κ3) is 4.12. The van der Waals surface area contributed by atoms with Crippen LogP contribution in [0.15, 0.2) is 36.5 Å². The molecule has 154 valence electrons. The van der Waals surface area contributed by atoms with E-state index in [9.17, 15) is 9.59 Å². The molecule has 0 radical (unpaired) electrons. The summed E-state index contributed by atoms with van der Waals surface area (Å²) in [6.07, 6.45) is 4.50.